The zero-order valence-electron chi connectivity index (χ0n) is 14.9. The highest BCUT2D eigenvalue weighted by atomic mass is 32.2. The molecule has 0 heterocycles. The first kappa shape index (κ1) is 19.9. The van der Waals surface area contributed by atoms with Crippen molar-refractivity contribution in [2.45, 2.75) is 18.7 Å². The molecule has 0 aliphatic heterocycles. The van der Waals surface area contributed by atoms with Gasteiger partial charge in [-0.2, -0.15) is 0 Å². The molecule has 0 saturated heterocycles. The lowest BCUT2D eigenvalue weighted by molar-refractivity contribution is 0.556. The lowest BCUT2D eigenvalue weighted by Gasteiger charge is -2.11. The Morgan fingerprint density at radius 2 is 1.77 bits per heavy atom. The van der Waals surface area contributed by atoms with Crippen molar-refractivity contribution in [2.24, 2.45) is 0 Å². The highest BCUT2D eigenvalue weighted by molar-refractivity contribution is 7.89. The van der Waals surface area contributed by atoms with Gasteiger partial charge in [-0.15, -0.1) is 0 Å². The van der Waals surface area contributed by atoms with Crippen LogP contribution in [0, 0.1) is 12.7 Å². The first-order valence-electron chi connectivity index (χ1n) is 8.22. The Labute approximate surface area is 154 Å². The van der Waals surface area contributed by atoms with Crippen LogP contribution < -0.4 is 10.0 Å². The van der Waals surface area contributed by atoms with E-state index in [9.17, 15) is 12.8 Å². The van der Waals surface area contributed by atoms with Crippen LogP contribution in [0.1, 0.15) is 18.1 Å². The van der Waals surface area contributed by atoms with E-state index >= 15 is 0 Å². The average molecular weight is 374 g/mol. The Morgan fingerprint density at radius 1 is 1.12 bits per heavy atom. The molecule has 2 N–H and O–H groups in total. The maximum Gasteiger partial charge on any atom is 0.243 e. The van der Waals surface area contributed by atoms with Crippen molar-refractivity contribution in [3.05, 3.63) is 83.8 Å². The number of benzene rings is 2. The molecule has 2 aromatic carbocycles. The number of hydrogen-bond donors (Lipinski definition) is 2. The Kier molecular flexibility index (Phi) is 6.71. The second-order valence-corrected chi connectivity index (χ2v) is 7.66. The van der Waals surface area contributed by atoms with Gasteiger partial charge in [0.05, 0.1) is 0 Å². The predicted molar refractivity (Wildman–Crippen MR) is 104 cm³/mol. The highest BCUT2D eigenvalue weighted by Crippen LogP contribution is 2.18. The summed E-state index contributed by atoms with van der Waals surface area (Å²) >= 11 is 0. The minimum atomic E-state index is -3.86. The monoisotopic (exact) mass is 374 g/mol. The Morgan fingerprint density at radius 3 is 2.46 bits per heavy atom. The van der Waals surface area contributed by atoms with Crippen molar-refractivity contribution in [3.63, 3.8) is 0 Å². The zero-order valence-corrected chi connectivity index (χ0v) is 15.7. The van der Waals surface area contributed by atoms with Crippen molar-refractivity contribution < 1.29 is 12.8 Å². The minimum Gasteiger partial charge on any atom is -0.387 e. The predicted octanol–water partition coefficient (Wildman–Crippen LogP) is 3.62. The third-order valence-electron chi connectivity index (χ3n) is 3.83. The van der Waals surface area contributed by atoms with Gasteiger partial charge in [0.2, 0.25) is 10.0 Å². The van der Waals surface area contributed by atoms with Gasteiger partial charge in [0.1, 0.15) is 10.7 Å². The van der Waals surface area contributed by atoms with Gasteiger partial charge >= 0.3 is 0 Å². The molecule has 0 radical (unpaired) electrons. The van der Waals surface area contributed by atoms with Gasteiger partial charge in [-0.25, -0.2) is 17.5 Å². The van der Waals surface area contributed by atoms with Crippen LogP contribution >= 0.6 is 0 Å². The van der Waals surface area contributed by atoms with Crippen molar-refractivity contribution in [1.29, 1.82) is 0 Å². The molecule has 6 heteroatoms. The van der Waals surface area contributed by atoms with Gasteiger partial charge in [-0.05, 0) is 48.8 Å². The molecule has 26 heavy (non-hydrogen) atoms. The molecule has 138 valence electrons. The Bertz CT molecular complexity index is 921. The number of aryl methyl sites for hydroxylation is 1. The molecule has 0 unspecified atom stereocenters. The fourth-order valence-electron chi connectivity index (χ4n) is 2.51. The van der Waals surface area contributed by atoms with Gasteiger partial charge < -0.3 is 5.32 Å². The van der Waals surface area contributed by atoms with E-state index in [0.717, 1.165) is 28.5 Å². The normalized spacial score (nSPS) is 12.0. The SMILES string of the molecule is C=C(/C=C(\C)NCCNS(=O)(=O)c1ccccc1F)c1ccccc1C. The number of allylic oxidation sites excluding steroid dienone is 3. The fourth-order valence-corrected chi connectivity index (χ4v) is 3.62. The second kappa shape index (κ2) is 8.78. The topological polar surface area (TPSA) is 58.2 Å². The first-order valence-corrected chi connectivity index (χ1v) is 9.71. The number of halogens is 1. The molecule has 0 aromatic heterocycles. The molecule has 0 saturated carbocycles. The van der Waals surface area contributed by atoms with E-state index in [0.29, 0.717) is 6.54 Å². The van der Waals surface area contributed by atoms with Crippen molar-refractivity contribution in [1.82, 2.24) is 10.0 Å². The van der Waals surface area contributed by atoms with Crippen molar-refractivity contribution >= 4 is 15.6 Å². The van der Waals surface area contributed by atoms with Crippen LogP contribution in [0.3, 0.4) is 0 Å². The summed E-state index contributed by atoms with van der Waals surface area (Å²) in [6, 6.07) is 13.3. The van der Waals surface area contributed by atoms with E-state index < -0.39 is 15.8 Å². The summed E-state index contributed by atoms with van der Waals surface area (Å²) in [6.07, 6.45) is 1.91. The van der Waals surface area contributed by atoms with Gasteiger partial charge in [0, 0.05) is 18.8 Å². The minimum absolute atomic E-state index is 0.138. The molecule has 0 amide bonds. The molecular formula is C20H23FN2O2S. The van der Waals surface area contributed by atoms with E-state index in [2.05, 4.69) is 16.6 Å². The molecule has 4 nitrogen and oxygen atoms in total. The van der Waals surface area contributed by atoms with Crippen LogP contribution in [-0.4, -0.2) is 21.5 Å². The summed E-state index contributed by atoms with van der Waals surface area (Å²) in [7, 11) is -3.86. The van der Waals surface area contributed by atoms with Crippen molar-refractivity contribution in [3.8, 4) is 0 Å². The molecule has 2 aromatic rings. The maximum atomic E-state index is 13.6. The molecule has 0 atom stereocenters. The number of rotatable bonds is 8. The third-order valence-corrected chi connectivity index (χ3v) is 5.32. The molecular weight excluding hydrogens is 351 g/mol. The number of sulfonamides is 1. The maximum absolute atomic E-state index is 13.6. The van der Waals surface area contributed by atoms with Gasteiger partial charge in [0.25, 0.3) is 0 Å². The van der Waals surface area contributed by atoms with Crippen LogP contribution in [-0.2, 0) is 10.0 Å². The summed E-state index contributed by atoms with van der Waals surface area (Å²) in [4.78, 5) is -0.347. The zero-order chi connectivity index (χ0) is 19.2. The van der Waals surface area contributed by atoms with Gasteiger partial charge in [-0.1, -0.05) is 43.0 Å². The molecule has 0 aliphatic carbocycles. The van der Waals surface area contributed by atoms with Crippen LogP contribution in [0.2, 0.25) is 0 Å². The van der Waals surface area contributed by atoms with Crippen LogP contribution in [0.4, 0.5) is 4.39 Å². The first-order chi connectivity index (χ1) is 12.3. The molecule has 0 spiro atoms. The number of nitrogens with one attached hydrogen (secondary N) is 2. The average Bonchev–Trinajstić information content (AvgIpc) is 2.59. The summed E-state index contributed by atoms with van der Waals surface area (Å²) in [6.45, 7) is 8.49. The Balaban J connectivity index is 1.89. The summed E-state index contributed by atoms with van der Waals surface area (Å²) in [5, 5.41) is 3.12. The van der Waals surface area contributed by atoms with Crippen LogP contribution in [0.5, 0.6) is 0 Å². The van der Waals surface area contributed by atoms with Gasteiger partial charge in [-0.3, -0.25) is 0 Å². The molecule has 2 rings (SSSR count). The van der Waals surface area contributed by atoms with E-state index in [1.54, 1.807) is 0 Å². The van der Waals surface area contributed by atoms with E-state index in [1.165, 1.54) is 18.2 Å². The summed E-state index contributed by atoms with van der Waals surface area (Å²) in [5.74, 6) is -0.765. The molecule has 0 aliphatic rings. The highest BCUT2D eigenvalue weighted by Gasteiger charge is 2.17. The number of hydrogen-bond acceptors (Lipinski definition) is 3. The van der Waals surface area contributed by atoms with Crippen molar-refractivity contribution in [2.75, 3.05) is 13.1 Å². The van der Waals surface area contributed by atoms with E-state index in [4.69, 9.17) is 0 Å². The van der Waals surface area contributed by atoms with E-state index in [-0.39, 0.29) is 11.4 Å². The Hall–Kier alpha value is -2.44. The third kappa shape index (κ3) is 5.28. The quantitative estimate of drug-likeness (QED) is 0.548. The van der Waals surface area contributed by atoms with Crippen LogP contribution in [0.15, 0.2) is 71.8 Å². The second-order valence-electron chi connectivity index (χ2n) is 5.92. The summed E-state index contributed by atoms with van der Waals surface area (Å²) in [5.41, 5.74) is 3.94. The lowest BCUT2D eigenvalue weighted by atomic mass is 10.0. The molecule has 0 bridgehead atoms. The molecule has 0 fully saturated rings. The smallest absolute Gasteiger partial charge is 0.243 e. The fraction of sp³-hybridized carbons (Fsp3) is 0.200. The van der Waals surface area contributed by atoms with E-state index in [1.807, 2.05) is 44.2 Å². The summed E-state index contributed by atoms with van der Waals surface area (Å²) < 4.78 is 40.2. The van der Waals surface area contributed by atoms with Gasteiger partial charge in [0.15, 0.2) is 0 Å². The lowest BCUT2D eigenvalue weighted by Crippen LogP contribution is -2.31. The van der Waals surface area contributed by atoms with Crippen LogP contribution in [0.25, 0.3) is 5.57 Å². The largest absolute Gasteiger partial charge is 0.387 e. The standard InChI is InChI=1S/C20H23FN2O2S/c1-15-8-4-5-9-18(15)16(2)14-17(3)22-12-13-23-26(24,25)20-11-7-6-10-19(20)21/h4-11,14,22-23H,2,12-13H2,1,3H3/b17-14+.